The Morgan fingerprint density at radius 3 is 2.63 bits per heavy atom. The zero-order valence-electron chi connectivity index (χ0n) is 9.71. The number of carboxylic acids is 1. The monoisotopic (exact) mass is 297 g/mol. The van der Waals surface area contributed by atoms with Crippen molar-refractivity contribution in [2.24, 2.45) is 0 Å². The van der Waals surface area contributed by atoms with Crippen LogP contribution in [0.5, 0.6) is 5.75 Å². The molecule has 106 valence electrons. The second-order valence-corrected chi connectivity index (χ2v) is 4.79. The Hall–Kier alpha value is -1.77. The van der Waals surface area contributed by atoms with Crippen LogP contribution in [0.3, 0.4) is 0 Å². The number of aryl methyl sites for hydroxylation is 1. The van der Waals surface area contributed by atoms with Crippen molar-refractivity contribution in [1.82, 2.24) is 5.32 Å². The van der Waals surface area contributed by atoms with Crippen LogP contribution in [0.1, 0.15) is 14.5 Å². The van der Waals surface area contributed by atoms with Crippen LogP contribution in [0.4, 0.5) is 13.2 Å². The maximum atomic E-state index is 11.8. The predicted octanol–water partition coefficient (Wildman–Crippen LogP) is 1.81. The number of amides is 1. The zero-order valence-corrected chi connectivity index (χ0v) is 10.5. The minimum atomic E-state index is -4.50. The SMILES string of the molecule is Cc1cc(OCC(=O)NCC(F)(F)F)c(C(=O)O)s1. The molecule has 0 aromatic carbocycles. The standard InChI is InChI=1S/C10H10F3NO4S/c1-5-2-6(8(19-5)9(16)17)18-3-7(15)14-4-10(11,12)13/h2H,3-4H2,1H3,(H,14,15)(H,16,17). The molecule has 1 aromatic rings. The van der Waals surface area contributed by atoms with E-state index in [1.165, 1.54) is 6.07 Å². The number of halogens is 3. The van der Waals surface area contributed by atoms with E-state index in [0.29, 0.717) is 4.88 Å². The molecule has 0 saturated heterocycles. The number of carbonyl (C=O) groups is 2. The van der Waals surface area contributed by atoms with Crippen LogP contribution in [-0.4, -0.2) is 36.3 Å². The normalized spacial score (nSPS) is 11.2. The van der Waals surface area contributed by atoms with E-state index in [1.54, 1.807) is 12.2 Å². The fraction of sp³-hybridized carbons (Fsp3) is 0.400. The molecule has 0 aliphatic heterocycles. The highest BCUT2D eigenvalue weighted by atomic mass is 32.1. The Labute approximate surface area is 110 Å². The van der Waals surface area contributed by atoms with Gasteiger partial charge in [-0.05, 0) is 13.0 Å². The number of nitrogens with one attached hydrogen (secondary N) is 1. The molecule has 0 atom stereocenters. The molecule has 2 N–H and O–H groups in total. The third-order valence-corrected chi connectivity index (χ3v) is 2.88. The average molecular weight is 297 g/mol. The minimum Gasteiger partial charge on any atom is -0.482 e. The van der Waals surface area contributed by atoms with Gasteiger partial charge in [0.1, 0.15) is 12.3 Å². The van der Waals surface area contributed by atoms with E-state index in [0.717, 1.165) is 11.3 Å². The largest absolute Gasteiger partial charge is 0.482 e. The second kappa shape index (κ2) is 5.91. The summed E-state index contributed by atoms with van der Waals surface area (Å²) in [5, 5.41) is 10.5. The van der Waals surface area contributed by atoms with Crippen LogP contribution in [0.25, 0.3) is 0 Å². The summed E-state index contributed by atoms with van der Waals surface area (Å²) in [5.74, 6) is -2.22. The molecule has 1 amide bonds. The zero-order chi connectivity index (χ0) is 14.6. The summed E-state index contributed by atoms with van der Waals surface area (Å²) in [7, 11) is 0. The highest BCUT2D eigenvalue weighted by Gasteiger charge is 2.27. The lowest BCUT2D eigenvalue weighted by Crippen LogP contribution is -2.36. The van der Waals surface area contributed by atoms with Gasteiger partial charge in [0.15, 0.2) is 11.5 Å². The fourth-order valence-electron chi connectivity index (χ4n) is 1.14. The molecule has 0 spiro atoms. The first-order chi connectivity index (χ1) is 8.69. The highest BCUT2D eigenvalue weighted by molar-refractivity contribution is 7.14. The summed E-state index contributed by atoms with van der Waals surface area (Å²) in [6, 6.07) is 1.41. The first-order valence-corrected chi connectivity index (χ1v) is 5.80. The maximum Gasteiger partial charge on any atom is 0.405 e. The number of hydrogen-bond acceptors (Lipinski definition) is 4. The molecule has 9 heteroatoms. The third-order valence-electron chi connectivity index (χ3n) is 1.86. The van der Waals surface area contributed by atoms with Gasteiger partial charge in [0, 0.05) is 4.88 Å². The lowest BCUT2D eigenvalue weighted by molar-refractivity contribution is -0.139. The number of hydrogen-bond donors (Lipinski definition) is 2. The average Bonchev–Trinajstić information content (AvgIpc) is 2.64. The van der Waals surface area contributed by atoms with E-state index in [9.17, 15) is 22.8 Å². The van der Waals surface area contributed by atoms with Crippen molar-refractivity contribution < 1.29 is 32.6 Å². The van der Waals surface area contributed by atoms with E-state index in [2.05, 4.69) is 0 Å². The summed E-state index contributed by atoms with van der Waals surface area (Å²) in [6.07, 6.45) is -4.50. The van der Waals surface area contributed by atoms with Crippen molar-refractivity contribution in [2.75, 3.05) is 13.2 Å². The minimum absolute atomic E-state index is 0.0304. The second-order valence-electron chi connectivity index (χ2n) is 3.54. The van der Waals surface area contributed by atoms with Gasteiger partial charge in [0.2, 0.25) is 0 Å². The van der Waals surface area contributed by atoms with Crippen molar-refractivity contribution >= 4 is 23.2 Å². The van der Waals surface area contributed by atoms with Gasteiger partial charge in [-0.15, -0.1) is 11.3 Å². The van der Waals surface area contributed by atoms with Crippen LogP contribution >= 0.6 is 11.3 Å². The van der Waals surface area contributed by atoms with Gasteiger partial charge < -0.3 is 15.2 Å². The molecule has 0 aliphatic carbocycles. The Morgan fingerprint density at radius 1 is 1.47 bits per heavy atom. The smallest absolute Gasteiger partial charge is 0.405 e. The number of aromatic carboxylic acids is 1. The number of rotatable bonds is 5. The first-order valence-electron chi connectivity index (χ1n) is 4.99. The molecule has 0 bridgehead atoms. The molecule has 0 radical (unpaired) electrons. The Balaban J connectivity index is 2.53. The Morgan fingerprint density at radius 2 is 2.11 bits per heavy atom. The first kappa shape index (κ1) is 15.3. The molecule has 0 saturated carbocycles. The number of carboxylic acid groups (broad SMARTS) is 1. The third kappa shape index (κ3) is 5.16. The van der Waals surface area contributed by atoms with Gasteiger partial charge in [0.05, 0.1) is 0 Å². The number of thiophene rings is 1. The van der Waals surface area contributed by atoms with Crippen molar-refractivity contribution in [1.29, 1.82) is 0 Å². The summed E-state index contributed by atoms with van der Waals surface area (Å²) >= 11 is 0.955. The Kier molecular flexibility index (Phi) is 4.76. The summed E-state index contributed by atoms with van der Waals surface area (Å²) in [4.78, 5) is 22.4. The predicted molar refractivity (Wildman–Crippen MR) is 60.6 cm³/mol. The summed E-state index contributed by atoms with van der Waals surface area (Å²) < 4.78 is 40.4. The van der Waals surface area contributed by atoms with E-state index < -0.39 is 31.2 Å². The number of ether oxygens (including phenoxy) is 1. The molecule has 19 heavy (non-hydrogen) atoms. The van der Waals surface area contributed by atoms with Crippen LogP contribution in [-0.2, 0) is 4.79 Å². The van der Waals surface area contributed by atoms with E-state index in [4.69, 9.17) is 9.84 Å². The van der Waals surface area contributed by atoms with Crippen LogP contribution < -0.4 is 10.1 Å². The van der Waals surface area contributed by atoms with Crippen LogP contribution in [0.15, 0.2) is 6.07 Å². The van der Waals surface area contributed by atoms with Gasteiger partial charge in [0.25, 0.3) is 5.91 Å². The molecule has 1 heterocycles. The van der Waals surface area contributed by atoms with Crippen LogP contribution in [0.2, 0.25) is 0 Å². The topological polar surface area (TPSA) is 75.6 Å². The van der Waals surface area contributed by atoms with Crippen molar-refractivity contribution in [3.05, 3.63) is 15.8 Å². The van der Waals surface area contributed by atoms with Gasteiger partial charge in [-0.2, -0.15) is 13.2 Å². The van der Waals surface area contributed by atoms with Crippen molar-refractivity contribution in [3.63, 3.8) is 0 Å². The molecule has 5 nitrogen and oxygen atoms in total. The summed E-state index contributed by atoms with van der Waals surface area (Å²) in [5.41, 5.74) is 0. The van der Waals surface area contributed by atoms with Gasteiger partial charge in [-0.25, -0.2) is 4.79 Å². The van der Waals surface area contributed by atoms with Gasteiger partial charge in [-0.1, -0.05) is 0 Å². The maximum absolute atomic E-state index is 11.8. The van der Waals surface area contributed by atoms with Crippen molar-refractivity contribution in [3.8, 4) is 5.75 Å². The lowest BCUT2D eigenvalue weighted by Gasteiger charge is -2.09. The lowest BCUT2D eigenvalue weighted by atomic mass is 10.4. The Bertz CT molecular complexity index is 484. The molecular formula is C10H10F3NO4S. The van der Waals surface area contributed by atoms with Gasteiger partial charge >= 0.3 is 12.1 Å². The number of carbonyl (C=O) groups excluding carboxylic acids is 1. The molecular weight excluding hydrogens is 287 g/mol. The van der Waals surface area contributed by atoms with Crippen LogP contribution in [0, 0.1) is 6.92 Å². The molecule has 0 unspecified atom stereocenters. The molecule has 1 aromatic heterocycles. The van der Waals surface area contributed by atoms with Crippen molar-refractivity contribution in [2.45, 2.75) is 13.1 Å². The highest BCUT2D eigenvalue weighted by Crippen LogP contribution is 2.28. The van der Waals surface area contributed by atoms with E-state index >= 15 is 0 Å². The van der Waals surface area contributed by atoms with E-state index in [-0.39, 0.29) is 10.6 Å². The molecule has 1 rings (SSSR count). The molecule has 0 aliphatic rings. The van der Waals surface area contributed by atoms with Gasteiger partial charge in [-0.3, -0.25) is 4.79 Å². The molecule has 0 fully saturated rings. The van der Waals surface area contributed by atoms with E-state index in [1.807, 2.05) is 0 Å². The quantitative estimate of drug-likeness (QED) is 0.869. The summed E-state index contributed by atoms with van der Waals surface area (Å²) in [6.45, 7) is -0.482. The number of alkyl halides is 3. The fourth-order valence-corrected chi connectivity index (χ4v) is 1.93.